The molecule has 0 heterocycles. The molecule has 5 heteroatoms. The van der Waals surface area contributed by atoms with Crippen LogP contribution in [0.1, 0.15) is 18.9 Å². The van der Waals surface area contributed by atoms with Gasteiger partial charge in [-0.05, 0) is 12.1 Å². The highest BCUT2D eigenvalue weighted by Gasteiger charge is 2.02. The quantitative estimate of drug-likeness (QED) is 0.476. The highest BCUT2D eigenvalue weighted by Crippen LogP contribution is 2.15. The molecule has 0 aliphatic rings. The van der Waals surface area contributed by atoms with Gasteiger partial charge in [-0.25, -0.2) is 0 Å². The van der Waals surface area contributed by atoms with E-state index >= 15 is 0 Å². The Morgan fingerprint density at radius 3 is 2.76 bits per heavy atom. The van der Waals surface area contributed by atoms with Gasteiger partial charge in [0.15, 0.2) is 0 Å². The lowest BCUT2D eigenvalue weighted by molar-refractivity contribution is -0.136. The van der Waals surface area contributed by atoms with E-state index in [9.17, 15) is 9.59 Å². The first kappa shape index (κ1) is 12.9. The number of hydrogen-bond acceptors (Lipinski definition) is 4. The maximum Gasteiger partial charge on any atom is 0.308 e. The number of nitrogens with zero attached hydrogens (tertiary/aromatic N) is 1. The average Bonchev–Trinajstić information content (AvgIpc) is 2.25. The number of esters is 1. The van der Waals surface area contributed by atoms with E-state index in [-0.39, 0.29) is 13.0 Å². The lowest BCUT2D eigenvalue weighted by Gasteiger charge is -2.03. The number of carbonyl (C=O) groups excluding carboxylic acids is 1. The Hall–Kier alpha value is -2.17. The number of para-hydroxylation sites is 1. The molecule has 0 amide bonds. The summed E-state index contributed by atoms with van der Waals surface area (Å²) in [7, 11) is 0. The maximum absolute atomic E-state index is 10.8. The summed E-state index contributed by atoms with van der Waals surface area (Å²) in [5, 5.41) is 8.44. The van der Waals surface area contributed by atoms with Crippen LogP contribution in [0.4, 0.5) is 0 Å². The Bertz CT molecular complexity index is 440. The van der Waals surface area contributed by atoms with Crippen molar-refractivity contribution in [1.82, 2.24) is 0 Å². The third-order valence-electron chi connectivity index (χ3n) is 1.86. The summed E-state index contributed by atoms with van der Waals surface area (Å²) in [5.74, 6) is -0.883. The molecular formula is C12H13NO4. The number of aliphatic carboxylic acids is 1. The molecule has 0 aromatic heterocycles. The molecule has 90 valence electrons. The SMILES string of the molecule is CC(=O)Oc1ccccc1C=NCCC(=O)O. The van der Waals surface area contributed by atoms with E-state index in [1.54, 1.807) is 24.3 Å². The minimum atomic E-state index is -0.893. The summed E-state index contributed by atoms with van der Waals surface area (Å²) in [6.07, 6.45) is 1.48. The van der Waals surface area contributed by atoms with Crippen LogP contribution in [0.25, 0.3) is 0 Å². The van der Waals surface area contributed by atoms with Gasteiger partial charge in [-0.2, -0.15) is 0 Å². The number of carboxylic acids is 1. The normalized spacial score (nSPS) is 10.4. The van der Waals surface area contributed by atoms with Crippen molar-refractivity contribution < 1.29 is 19.4 Å². The zero-order chi connectivity index (χ0) is 12.7. The number of carbonyl (C=O) groups is 2. The van der Waals surface area contributed by atoms with Gasteiger partial charge >= 0.3 is 11.9 Å². The number of rotatable bonds is 5. The minimum absolute atomic E-state index is 0.0216. The summed E-state index contributed by atoms with van der Waals surface area (Å²) < 4.78 is 4.98. The molecule has 1 aromatic carbocycles. The molecule has 1 N–H and O–H groups in total. The number of aliphatic imine (C=N–C) groups is 1. The minimum Gasteiger partial charge on any atom is -0.481 e. The molecule has 0 bridgehead atoms. The molecule has 5 nitrogen and oxygen atoms in total. The number of carboxylic acid groups (broad SMARTS) is 1. The predicted octanol–water partition coefficient (Wildman–Crippen LogP) is 1.51. The summed E-state index contributed by atoms with van der Waals surface area (Å²) in [6.45, 7) is 1.52. The number of benzene rings is 1. The first-order chi connectivity index (χ1) is 8.09. The fourth-order valence-corrected chi connectivity index (χ4v) is 1.16. The van der Waals surface area contributed by atoms with E-state index in [0.29, 0.717) is 11.3 Å². The van der Waals surface area contributed by atoms with Crippen LogP contribution in [0.5, 0.6) is 5.75 Å². The Kier molecular flexibility index (Phi) is 4.87. The third-order valence-corrected chi connectivity index (χ3v) is 1.86. The van der Waals surface area contributed by atoms with E-state index in [2.05, 4.69) is 4.99 Å². The molecule has 0 saturated carbocycles. The van der Waals surface area contributed by atoms with Crippen LogP contribution >= 0.6 is 0 Å². The van der Waals surface area contributed by atoms with Crippen molar-refractivity contribution in [2.24, 2.45) is 4.99 Å². The maximum atomic E-state index is 10.8. The summed E-state index contributed by atoms with van der Waals surface area (Å²) in [4.78, 5) is 25.1. The number of ether oxygens (including phenoxy) is 1. The molecule has 0 aliphatic heterocycles. The van der Waals surface area contributed by atoms with E-state index in [0.717, 1.165) is 0 Å². The predicted molar refractivity (Wildman–Crippen MR) is 62.5 cm³/mol. The second kappa shape index (κ2) is 6.42. The van der Waals surface area contributed by atoms with Gasteiger partial charge < -0.3 is 9.84 Å². The lowest BCUT2D eigenvalue weighted by Crippen LogP contribution is -2.04. The van der Waals surface area contributed by atoms with Gasteiger partial charge in [0.1, 0.15) is 5.75 Å². The Balaban J connectivity index is 2.69. The van der Waals surface area contributed by atoms with Gasteiger partial charge in [-0.15, -0.1) is 0 Å². The summed E-state index contributed by atoms with van der Waals surface area (Å²) in [6, 6.07) is 6.92. The zero-order valence-corrected chi connectivity index (χ0v) is 9.42. The Morgan fingerprint density at radius 2 is 2.12 bits per heavy atom. The van der Waals surface area contributed by atoms with Crippen LogP contribution in [0.15, 0.2) is 29.3 Å². The van der Waals surface area contributed by atoms with Gasteiger partial charge in [-0.1, -0.05) is 12.1 Å². The molecule has 17 heavy (non-hydrogen) atoms. The van der Waals surface area contributed by atoms with Gasteiger partial charge in [-0.3, -0.25) is 14.6 Å². The largest absolute Gasteiger partial charge is 0.481 e. The van der Waals surface area contributed by atoms with Crippen molar-refractivity contribution in [3.8, 4) is 5.75 Å². The molecule has 0 atom stereocenters. The topological polar surface area (TPSA) is 76.0 Å². The standard InChI is InChI=1S/C12H13NO4/c1-9(14)17-11-5-3-2-4-10(11)8-13-7-6-12(15)16/h2-5,8H,6-7H2,1H3,(H,15,16). The van der Waals surface area contributed by atoms with Crippen molar-refractivity contribution >= 4 is 18.2 Å². The fourth-order valence-electron chi connectivity index (χ4n) is 1.16. The Labute approximate surface area is 98.7 Å². The van der Waals surface area contributed by atoms with Crippen molar-refractivity contribution in [2.45, 2.75) is 13.3 Å². The van der Waals surface area contributed by atoms with Crippen molar-refractivity contribution in [3.63, 3.8) is 0 Å². The molecule has 0 aliphatic carbocycles. The van der Waals surface area contributed by atoms with Crippen molar-refractivity contribution in [2.75, 3.05) is 6.54 Å². The molecule has 1 rings (SSSR count). The smallest absolute Gasteiger partial charge is 0.308 e. The second-order valence-electron chi connectivity index (χ2n) is 3.31. The highest BCUT2D eigenvalue weighted by molar-refractivity contribution is 5.85. The molecule has 1 aromatic rings. The van der Waals surface area contributed by atoms with Crippen LogP contribution in [0, 0.1) is 0 Å². The summed E-state index contributed by atoms with van der Waals surface area (Å²) in [5.41, 5.74) is 0.646. The van der Waals surface area contributed by atoms with Crippen LogP contribution in [0.2, 0.25) is 0 Å². The fraction of sp³-hybridized carbons (Fsp3) is 0.250. The molecule has 0 fully saturated rings. The third kappa shape index (κ3) is 4.92. The van der Waals surface area contributed by atoms with Gasteiger partial charge in [0, 0.05) is 25.2 Å². The van der Waals surface area contributed by atoms with E-state index in [1.165, 1.54) is 13.1 Å². The zero-order valence-electron chi connectivity index (χ0n) is 9.42. The van der Waals surface area contributed by atoms with Gasteiger partial charge in [0.2, 0.25) is 0 Å². The van der Waals surface area contributed by atoms with Gasteiger partial charge in [0.25, 0.3) is 0 Å². The van der Waals surface area contributed by atoms with Crippen LogP contribution in [0.3, 0.4) is 0 Å². The van der Waals surface area contributed by atoms with E-state index in [1.807, 2.05) is 0 Å². The summed E-state index contributed by atoms with van der Waals surface area (Å²) >= 11 is 0. The second-order valence-corrected chi connectivity index (χ2v) is 3.31. The van der Waals surface area contributed by atoms with E-state index in [4.69, 9.17) is 9.84 Å². The van der Waals surface area contributed by atoms with Crippen LogP contribution in [-0.4, -0.2) is 29.8 Å². The van der Waals surface area contributed by atoms with Gasteiger partial charge in [0.05, 0.1) is 6.42 Å². The monoisotopic (exact) mass is 235 g/mol. The van der Waals surface area contributed by atoms with Crippen LogP contribution < -0.4 is 4.74 Å². The lowest BCUT2D eigenvalue weighted by atomic mass is 10.2. The van der Waals surface area contributed by atoms with Crippen molar-refractivity contribution in [3.05, 3.63) is 29.8 Å². The number of hydrogen-bond donors (Lipinski definition) is 1. The molecule has 0 unspecified atom stereocenters. The van der Waals surface area contributed by atoms with Crippen LogP contribution in [-0.2, 0) is 9.59 Å². The first-order valence-electron chi connectivity index (χ1n) is 5.08. The molecule has 0 spiro atoms. The molecule has 0 radical (unpaired) electrons. The first-order valence-corrected chi connectivity index (χ1v) is 5.08. The highest BCUT2D eigenvalue weighted by atomic mass is 16.5. The van der Waals surface area contributed by atoms with E-state index < -0.39 is 11.9 Å². The average molecular weight is 235 g/mol. The molecule has 0 saturated heterocycles. The molecular weight excluding hydrogens is 222 g/mol. The Morgan fingerprint density at radius 1 is 1.41 bits per heavy atom. The van der Waals surface area contributed by atoms with Crippen molar-refractivity contribution in [1.29, 1.82) is 0 Å².